The zero-order valence-corrected chi connectivity index (χ0v) is 12.9. The van der Waals surface area contributed by atoms with E-state index in [9.17, 15) is 4.79 Å². The van der Waals surface area contributed by atoms with Gasteiger partial charge in [0, 0.05) is 37.2 Å². The first-order valence-corrected chi connectivity index (χ1v) is 7.33. The van der Waals surface area contributed by atoms with E-state index in [1.807, 2.05) is 38.2 Å². The molecular weight excluding hydrogens is 274 g/mol. The van der Waals surface area contributed by atoms with Gasteiger partial charge in [0.05, 0.1) is 0 Å². The number of pyridine rings is 1. The summed E-state index contributed by atoms with van der Waals surface area (Å²) in [6, 6.07) is 14.1. The number of likely N-dealkylation sites (N-methyl/N-ethyl adjacent to an activating group) is 1. The summed E-state index contributed by atoms with van der Waals surface area (Å²) in [4.78, 5) is 18.3. The molecule has 0 fully saturated rings. The lowest BCUT2D eigenvalue weighted by molar-refractivity contribution is -0.131. The van der Waals surface area contributed by atoms with E-state index in [0.717, 1.165) is 16.8 Å². The number of hydrogen-bond donors (Lipinski definition) is 0. The van der Waals surface area contributed by atoms with Gasteiger partial charge in [0.25, 0.3) is 0 Å². The number of amides is 1. The summed E-state index contributed by atoms with van der Waals surface area (Å²) in [6.07, 6.45) is 3.53. The largest absolute Gasteiger partial charge is 0.340 e. The van der Waals surface area contributed by atoms with Gasteiger partial charge in [-0.3, -0.25) is 9.78 Å². The summed E-state index contributed by atoms with van der Waals surface area (Å²) in [5.74, 6) is 0.0910. The topological polar surface area (TPSA) is 38.1 Å². The van der Waals surface area contributed by atoms with Crippen LogP contribution in [0.4, 0.5) is 0 Å². The molecule has 4 nitrogen and oxygen atoms in total. The summed E-state index contributed by atoms with van der Waals surface area (Å²) in [7, 11) is 1.83. The Labute approximate surface area is 130 Å². The van der Waals surface area contributed by atoms with E-state index in [-0.39, 0.29) is 5.91 Å². The second kappa shape index (κ2) is 6.02. The molecule has 3 aromatic rings. The smallest absolute Gasteiger partial charge is 0.242 e. The van der Waals surface area contributed by atoms with Crippen LogP contribution >= 0.6 is 0 Å². The van der Waals surface area contributed by atoms with Crippen LogP contribution in [-0.4, -0.2) is 27.4 Å². The third-order valence-electron chi connectivity index (χ3n) is 3.88. The van der Waals surface area contributed by atoms with Crippen LogP contribution < -0.4 is 0 Å². The second-order valence-corrected chi connectivity index (χ2v) is 5.54. The van der Waals surface area contributed by atoms with E-state index in [0.29, 0.717) is 13.1 Å². The van der Waals surface area contributed by atoms with Crippen molar-refractivity contribution in [2.24, 2.45) is 0 Å². The standard InChI is InChI=1S/C18H19N3O/c1-14-10-16-7-3-4-8-17(16)21(14)13-18(22)20(2)12-15-6-5-9-19-11-15/h3-11H,12-13H2,1-2H3. The number of hydrogen-bond acceptors (Lipinski definition) is 2. The third-order valence-corrected chi connectivity index (χ3v) is 3.88. The summed E-state index contributed by atoms with van der Waals surface area (Å²) >= 11 is 0. The average Bonchev–Trinajstić information content (AvgIpc) is 2.84. The number of aromatic nitrogens is 2. The van der Waals surface area contributed by atoms with Gasteiger partial charge in [-0.1, -0.05) is 24.3 Å². The quantitative estimate of drug-likeness (QED) is 0.741. The number of benzene rings is 1. The first kappa shape index (κ1) is 14.3. The van der Waals surface area contributed by atoms with Gasteiger partial charge in [-0.25, -0.2) is 0 Å². The molecule has 0 unspecified atom stereocenters. The Morgan fingerprint density at radius 1 is 1.23 bits per heavy atom. The van der Waals surface area contributed by atoms with Crippen molar-refractivity contribution in [1.82, 2.24) is 14.5 Å². The number of fused-ring (bicyclic) bond motifs is 1. The Morgan fingerprint density at radius 3 is 2.82 bits per heavy atom. The van der Waals surface area contributed by atoms with Gasteiger partial charge >= 0.3 is 0 Å². The predicted octanol–water partition coefficient (Wildman–Crippen LogP) is 3.00. The molecule has 1 aromatic carbocycles. The van der Waals surface area contributed by atoms with Crippen LogP contribution in [0.15, 0.2) is 54.9 Å². The first-order valence-electron chi connectivity index (χ1n) is 7.33. The molecule has 0 radical (unpaired) electrons. The molecule has 112 valence electrons. The van der Waals surface area contributed by atoms with Gasteiger partial charge in [-0.05, 0) is 36.1 Å². The van der Waals surface area contributed by atoms with Crippen molar-refractivity contribution in [3.8, 4) is 0 Å². The van der Waals surface area contributed by atoms with Crippen LogP contribution in [0.1, 0.15) is 11.3 Å². The van der Waals surface area contributed by atoms with Crippen molar-refractivity contribution in [3.63, 3.8) is 0 Å². The van der Waals surface area contributed by atoms with Crippen molar-refractivity contribution >= 4 is 16.8 Å². The van der Waals surface area contributed by atoms with Crippen molar-refractivity contribution in [2.45, 2.75) is 20.0 Å². The second-order valence-electron chi connectivity index (χ2n) is 5.54. The van der Waals surface area contributed by atoms with Gasteiger partial charge in [0.1, 0.15) is 6.54 Å². The minimum Gasteiger partial charge on any atom is -0.340 e. The number of rotatable bonds is 4. The molecule has 0 saturated heterocycles. The summed E-state index contributed by atoms with van der Waals surface area (Å²) in [5.41, 5.74) is 3.24. The van der Waals surface area contributed by atoms with Gasteiger partial charge < -0.3 is 9.47 Å². The monoisotopic (exact) mass is 293 g/mol. The number of carbonyl (C=O) groups excluding carboxylic acids is 1. The molecule has 2 aromatic heterocycles. The van der Waals surface area contributed by atoms with Crippen molar-refractivity contribution < 1.29 is 4.79 Å². The first-order chi connectivity index (χ1) is 10.6. The molecule has 0 N–H and O–H groups in total. The Morgan fingerprint density at radius 2 is 2.05 bits per heavy atom. The molecule has 4 heteroatoms. The van der Waals surface area contributed by atoms with E-state index in [1.54, 1.807) is 17.3 Å². The zero-order valence-electron chi connectivity index (χ0n) is 12.9. The maximum Gasteiger partial charge on any atom is 0.242 e. The van der Waals surface area contributed by atoms with Crippen molar-refractivity contribution in [2.75, 3.05) is 7.05 Å². The Bertz CT molecular complexity index is 792. The molecule has 0 bridgehead atoms. The molecule has 3 rings (SSSR count). The van der Waals surface area contributed by atoms with Gasteiger partial charge in [0.15, 0.2) is 0 Å². The Kier molecular flexibility index (Phi) is 3.92. The fourth-order valence-electron chi connectivity index (χ4n) is 2.67. The van der Waals surface area contributed by atoms with Crippen LogP contribution in [0.3, 0.4) is 0 Å². The SMILES string of the molecule is Cc1cc2ccccc2n1CC(=O)N(C)Cc1cccnc1. The molecule has 0 aliphatic carbocycles. The van der Waals surface area contributed by atoms with Gasteiger partial charge in [-0.2, -0.15) is 0 Å². The highest BCUT2D eigenvalue weighted by molar-refractivity contribution is 5.84. The van der Waals surface area contributed by atoms with E-state index in [4.69, 9.17) is 0 Å². The molecule has 0 atom stereocenters. The van der Waals surface area contributed by atoms with Crippen LogP contribution in [0.5, 0.6) is 0 Å². The number of carbonyl (C=O) groups is 1. The molecule has 1 amide bonds. The maximum absolute atomic E-state index is 12.5. The lowest BCUT2D eigenvalue weighted by atomic mass is 10.2. The fraction of sp³-hybridized carbons (Fsp3) is 0.222. The van der Waals surface area contributed by atoms with Gasteiger partial charge in [-0.15, -0.1) is 0 Å². The molecule has 0 saturated carbocycles. The minimum absolute atomic E-state index is 0.0910. The van der Waals surface area contributed by atoms with E-state index in [1.165, 1.54) is 5.39 Å². The number of aryl methyl sites for hydroxylation is 1. The molecule has 0 aliphatic heterocycles. The van der Waals surface area contributed by atoms with E-state index in [2.05, 4.69) is 27.8 Å². The summed E-state index contributed by atoms with van der Waals surface area (Å²) in [5, 5.41) is 1.17. The van der Waals surface area contributed by atoms with Crippen LogP contribution in [0.2, 0.25) is 0 Å². The van der Waals surface area contributed by atoms with Gasteiger partial charge in [0.2, 0.25) is 5.91 Å². The predicted molar refractivity (Wildman–Crippen MR) is 87.4 cm³/mol. The number of nitrogens with zero attached hydrogens (tertiary/aromatic N) is 3. The molecule has 22 heavy (non-hydrogen) atoms. The highest BCUT2D eigenvalue weighted by Crippen LogP contribution is 2.19. The van der Waals surface area contributed by atoms with Crippen molar-refractivity contribution in [1.29, 1.82) is 0 Å². The highest BCUT2D eigenvalue weighted by Gasteiger charge is 2.13. The lowest BCUT2D eigenvalue weighted by Gasteiger charge is -2.18. The minimum atomic E-state index is 0.0910. The summed E-state index contributed by atoms with van der Waals surface area (Å²) < 4.78 is 2.07. The molecular formula is C18H19N3O. The van der Waals surface area contributed by atoms with Crippen LogP contribution in [0.25, 0.3) is 10.9 Å². The fourth-order valence-corrected chi connectivity index (χ4v) is 2.67. The molecule has 0 spiro atoms. The Hall–Kier alpha value is -2.62. The zero-order chi connectivity index (χ0) is 15.5. The third kappa shape index (κ3) is 2.86. The average molecular weight is 293 g/mol. The normalized spacial score (nSPS) is 10.8. The van der Waals surface area contributed by atoms with E-state index >= 15 is 0 Å². The molecule has 2 heterocycles. The number of para-hydroxylation sites is 1. The Balaban J connectivity index is 1.77. The van der Waals surface area contributed by atoms with Crippen LogP contribution in [0, 0.1) is 6.92 Å². The lowest BCUT2D eigenvalue weighted by Crippen LogP contribution is -2.30. The summed E-state index contributed by atoms with van der Waals surface area (Å²) in [6.45, 7) is 2.97. The highest BCUT2D eigenvalue weighted by atomic mass is 16.2. The molecule has 0 aliphatic rings. The van der Waals surface area contributed by atoms with E-state index < -0.39 is 0 Å². The van der Waals surface area contributed by atoms with Crippen LogP contribution in [-0.2, 0) is 17.9 Å². The van der Waals surface area contributed by atoms with Crippen molar-refractivity contribution in [3.05, 3.63) is 66.1 Å². The maximum atomic E-state index is 12.5.